The van der Waals surface area contributed by atoms with Crippen LogP contribution in [0, 0.1) is 0 Å². The summed E-state index contributed by atoms with van der Waals surface area (Å²) in [5, 5.41) is 3.59. The monoisotopic (exact) mass is 422 g/mol. The lowest BCUT2D eigenvalue weighted by Gasteiger charge is -2.15. The summed E-state index contributed by atoms with van der Waals surface area (Å²) in [7, 11) is -2.98. The van der Waals surface area contributed by atoms with E-state index in [9.17, 15) is 13.2 Å². The number of hydrazine groups is 1. The maximum absolute atomic E-state index is 13.3. The van der Waals surface area contributed by atoms with Gasteiger partial charge in [-0.05, 0) is 64.0 Å². The lowest BCUT2D eigenvalue weighted by Crippen LogP contribution is -2.36. The summed E-state index contributed by atoms with van der Waals surface area (Å²) in [4.78, 5) is 13.3. The van der Waals surface area contributed by atoms with Crippen LogP contribution in [0.4, 0.5) is 5.69 Å². The quantitative estimate of drug-likeness (QED) is 0.167. The molecular weight excluding hydrogens is 404 g/mol. The van der Waals surface area contributed by atoms with E-state index in [0.29, 0.717) is 11.1 Å². The van der Waals surface area contributed by atoms with Crippen LogP contribution >= 0.6 is 0 Å². The molecular formula is C22H18N2O5S. The number of hydrogen-bond donors (Lipinski definition) is 2. The van der Waals surface area contributed by atoms with Gasteiger partial charge in [0, 0.05) is 11.1 Å². The Morgan fingerprint density at radius 3 is 2.23 bits per heavy atom. The Kier molecular flexibility index (Phi) is 4.90. The molecule has 0 amide bonds. The van der Waals surface area contributed by atoms with Crippen LogP contribution in [0.3, 0.4) is 0 Å². The first kappa shape index (κ1) is 19.8. The Balaban J connectivity index is 1.83. The number of carbonyl (C=O) groups excluding carboxylic acids is 1. The number of benzene rings is 4. The molecule has 7 nitrogen and oxygen atoms in total. The van der Waals surface area contributed by atoms with Gasteiger partial charge in [-0.1, -0.05) is 30.3 Å². The van der Waals surface area contributed by atoms with Gasteiger partial charge >= 0.3 is 10.3 Å². The minimum atomic E-state index is -4.58. The number of ketones is 1. The van der Waals surface area contributed by atoms with Gasteiger partial charge in [0.05, 0.1) is 12.8 Å². The zero-order valence-corrected chi connectivity index (χ0v) is 16.8. The van der Waals surface area contributed by atoms with Gasteiger partial charge in [0.1, 0.15) is 5.75 Å². The molecule has 8 heteroatoms. The summed E-state index contributed by atoms with van der Waals surface area (Å²) in [6, 6.07) is 20.8. The van der Waals surface area contributed by atoms with E-state index >= 15 is 0 Å². The molecule has 0 aliphatic heterocycles. The molecule has 0 saturated carbocycles. The smallest absolute Gasteiger partial charge is 0.373 e. The normalized spacial score (nSPS) is 11.6. The van der Waals surface area contributed by atoms with Crippen molar-refractivity contribution in [3.63, 3.8) is 0 Å². The number of rotatable bonds is 5. The number of carbonyl (C=O) groups is 1. The van der Waals surface area contributed by atoms with E-state index in [-0.39, 0.29) is 15.9 Å². The summed E-state index contributed by atoms with van der Waals surface area (Å²) in [5.41, 5.74) is 0.917. The largest absolute Gasteiger partial charge is 0.497 e. The van der Waals surface area contributed by atoms with Gasteiger partial charge < -0.3 is 4.74 Å². The number of hydrogen-bond acceptors (Lipinski definition) is 5. The second-order valence-electron chi connectivity index (χ2n) is 6.71. The number of anilines is 1. The topological polar surface area (TPSA) is 110 Å². The Morgan fingerprint density at radius 2 is 1.60 bits per heavy atom. The molecule has 0 fully saturated rings. The van der Waals surface area contributed by atoms with Crippen molar-refractivity contribution in [2.45, 2.75) is 0 Å². The van der Waals surface area contributed by atoms with Crippen molar-refractivity contribution in [2.24, 2.45) is 5.84 Å². The molecule has 0 aliphatic carbocycles. The zero-order valence-electron chi connectivity index (χ0n) is 15.9. The van der Waals surface area contributed by atoms with Crippen LogP contribution in [-0.4, -0.2) is 25.9 Å². The molecule has 0 unspecified atom stereocenters. The van der Waals surface area contributed by atoms with E-state index in [4.69, 9.17) is 15.1 Å². The number of ether oxygens (including phenoxy) is 1. The highest BCUT2D eigenvalue weighted by atomic mass is 32.2. The second-order valence-corrected chi connectivity index (χ2v) is 8.00. The molecule has 4 rings (SSSR count). The highest BCUT2D eigenvalue weighted by Gasteiger charge is 2.18. The van der Waals surface area contributed by atoms with E-state index < -0.39 is 10.3 Å². The Bertz CT molecular complexity index is 1380. The Morgan fingerprint density at radius 1 is 0.933 bits per heavy atom. The van der Waals surface area contributed by atoms with E-state index in [0.717, 1.165) is 27.3 Å². The van der Waals surface area contributed by atoms with Gasteiger partial charge in [-0.15, -0.1) is 0 Å². The maximum Gasteiger partial charge on any atom is 0.373 e. The number of methoxy groups -OCH3 is 1. The van der Waals surface area contributed by atoms with Crippen LogP contribution in [0.25, 0.3) is 21.5 Å². The molecule has 0 aromatic heterocycles. The van der Waals surface area contributed by atoms with Gasteiger partial charge in [-0.2, -0.15) is 12.8 Å². The fourth-order valence-electron chi connectivity index (χ4n) is 3.44. The SMILES string of the molecule is COc1ccc2cc(C(=O)c3ccc(N(N)S(=O)(=O)O)cc3)c3ccccc3c2c1. The summed E-state index contributed by atoms with van der Waals surface area (Å²) in [5.74, 6) is 5.88. The fraction of sp³-hybridized carbons (Fsp3) is 0.0455. The predicted octanol–water partition coefficient (Wildman–Crippen LogP) is 3.72. The first-order valence-corrected chi connectivity index (χ1v) is 10.4. The van der Waals surface area contributed by atoms with Crippen LogP contribution < -0.4 is 15.0 Å². The molecule has 0 spiro atoms. The molecule has 30 heavy (non-hydrogen) atoms. The van der Waals surface area contributed by atoms with Crippen molar-refractivity contribution in [1.82, 2.24) is 0 Å². The van der Waals surface area contributed by atoms with Gasteiger partial charge in [-0.25, -0.2) is 5.84 Å². The highest BCUT2D eigenvalue weighted by molar-refractivity contribution is 7.87. The van der Waals surface area contributed by atoms with Gasteiger partial charge in [0.2, 0.25) is 0 Å². The summed E-state index contributed by atoms with van der Waals surface area (Å²) in [6.45, 7) is 0. The van der Waals surface area contributed by atoms with E-state index in [1.54, 1.807) is 7.11 Å². The zero-order chi connectivity index (χ0) is 21.5. The Hall–Kier alpha value is -3.46. The van der Waals surface area contributed by atoms with Crippen molar-refractivity contribution in [3.05, 3.63) is 83.9 Å². The van der Waals surface area contributed by atoms with Crippen LogP contribution in [0.5, 0.6) is 5.75 Å². The summed E-state index contributed by atoms with van der Waals surface area (Å²) in [6.07, 6.45) is 0. The molecule has 0 atom stereocenters. The van der Waals surface area contributed by atoms with E-state index in [1.807, 2.05) is 48.5 Å². The van der Waals surface area contributed by atoms with Crippen LogP contribution in [0.1, 0.15) is 15.9 Å². The minimum absolute atomic E-state index is 0.0320. The molecule has 0 heterocycles. The molecule has 4 aromatic carbocycles. The van der Waals surface area contributed by atoms with E-state index in [1.165, 1.54) is 24.3 Å². The lowest BCUT2D eigenvalue weighted by atomic mass is 9.92. The van der Waals surface area contributed by atoms with E-state index in [2.05, 4.69) is 0 Å². The fourth-order valence-corrected chi connectivity index (χ4v) is 3.83. The molecule has 4 aromatic rings. The first-order chi connectivity index (χ1) is 14.3. The number of nitrogens with two attached hydrogens (primary N) is 1. The third-order valence-electron chi connectivity index (χ3n) is 4.94. The number of nitrogens with zero attached hydrogens (tertiary/aromatic N) is 1. The first-order valence-electron chi connectivity index (χ1n) is 8.96. The van der Waals surface area contributed by atoms with Crippen molar-refractivity contribution in [1.29, 1.82) is 0 Å². The lowest BCUT2D eigenvalue weighted by molar-refractivity contribution is 0.104. The third-order valence-corrected chi connectivity index (χ3v) is 5.65. The molecule has 0 saturated heterocycles. The summed E-state index contributed by atoms with van der Waals surface area (Å²) < 4.78 is 37.0. The van der Waals surface area contributed by atoms with Crippen LogP contribution in [0.2, 0.25) is 0 Å². The molecule has 3 N–H and O–H groups in total. The summed E-state index contributed by atoms with van der Waals surface area (Å²) >= 11 is 0. The second kappa shape index (κ2) is 7.42. The van der Waals surface area contributed by atoms with Crippen LogP contribution in [0.15, 0.2) is 72.8 Å². The van der Waals surface area contributed by atoms with Crippen molar-refractivity contribution < 1.29 is 22.5 Å². The third kappa shape index (κ3) is 3.48. The highest BCUT2D eigenvalue weighted by Crippen LogP contribution is 2.32. The van der Waals surface area contributed by atoms with Gasteiger partial charge in [0.25, 0.3) is 0 Å². The standard InChI is InChI=1S/C22H18N2O5S/c1-29-17-11-8-15-12-21(19-5-3-2-4-18(19)20(15)13-17)22(25)14-6-9-16(10-7-14)24(23)30(26,27)28/h2-13H,23H2,1H3,(H,26,27,28). The molecule has 152 valence electrons. The average Bonchev–Trinajstić information content (AvgIpc) is 2.76. The van der Waals surface area contributed by atoms with Gasteiger partial charge in [-0.3, -0.25) is 9.35 Å². The molecule has 0 radical (unpaired) electrons. The minimum Gasteiger partial charge on any atom is -0.497 e. The molecule has 0 bridgehead atoms. The Labute approximate surface area is 173 Å². The van der Waals surface area contributed by atoms with Crippen molar-refractivity contribution >= 4 is 43.3 Å². The maximum atomic E-state index is 13.3. The number of fused-ring (bicyclic) bond motifs is 3. The predicted molar refractivity (Wildman–Crippen MR) is 116 cm³/mol. The van der Waals surface area contributed by atoms with Crippen molar-refractivity contribution in [3.8, 4) is 5.75 Å². The van der Waals surface area contributed by atoms with Gasteiger partial charge in [0.15, 0.2) is 5.78 Å². The molecule has 0 aliphatic rings. The van der Waals surface area contributed by atoms with Crippen molar-refractivity contribution in [2.75, 3.05) is 11.5 Å². The average molecular weight is 422 g/mol. The van der Waals surface area contributed by atoms with Crippen LogP contribution in [-0.2, 0) is 10.3 Å².